The van der Waals surface area contributed by atoms with Crippen molar-refractivity contribution in [2.24, 2.45) is 11.8 Å². The van der Waals surface area contributed by atoms with Gasteiger partial charge in [0.2, 0.25) is 0 Å². The molecule has 0 amide bonds. The first kappa shape index (κ1) is 78.6. The van der Waals surface area contributed by atoms with E-state index in [2.05, 4.69) is 0 Å². The Morgan fingerprint density at radius 1 is 0.304 bits per heavy atom. The highest BCUT2D eigenvalue weighted by Gasteiger charge is 2.56. The van der Waals surface area contributed by atoms with Crippen molar-refractivity contribution in [2.75, 3.05) is 40.6 Å². The fraction of sp³-hybridized carbons (Fsp3) is 0.227. The molecule has 24 nitrogen and oxygen atoms in total. The molecule has 0 radical (unpaired) electrons. The summed E-state index contributed by atoms with van der Waals surface area (Å²) in [7, 11) is 2.73. The Bertz CT molecular complexity index is 4490. The van der Waals surface area contributed by atoms with Crippen LogP contribution in [-0.4, -0.2) is 160 Å². The summed E-state index contributed by atoms with van der Waals surface area (Å²) in [5.41, 5.74) is 1.51. The molecule has 24 heteroatoms. The second-order valence-electron chi connectivity index (χ2n) is 26.0. The molecule has 12 rings (SSSR count). The highest BCUT2D eigenvalue weighted by molar-refractivity contribution is 5.94. The molecule has 2 aliphatic heterocycles. The Hall–Kier alpha value is -13.0. The third-order valence-corrected chi connectivity index (χ3v) is 18.6. The molecule has 0 bridgehead atoms. The van der Waals surface area contributed by atoms with E-state index in [0.29, 0.717) is 11.1 Å². The molecule has 574 valence electrons. The molecule has 0 aliphatic carbocycles. The van der Waals surface area contributed by atoms with Crippen LogP contribution in [0.5, 0.6) is 23.0 Å². The Kier molecular flexibility index (Phi) is 26.9. The molecule has 2 saturated heterocycles. The number of carbonyl (C=O) groups excluding carboxylic acids is 8. The van der Waals surface area contributed by atoms with Crippen LogP contribution >= 0.6 is 0 Å². The van der Waals surface area contributed by atoms with Gasteiger partial charge in [0.15, 0.2) is 72.2 Å². The van der Waals surface area contributed by atoms with Gasteiger partial charge in [0.25, 0.3) is 0 Å². The summed E-state index contributed by atoms with van der Waals surface area (Å²) < 4.78 is 89.6. The maximum Gasteiger partial charge on any atom is 0.338 e. The van der Waals surface area contributed by atoms with Crippen LogP contribution in [0.4, 0.5) is 0 Å². The van der Waals surface area contributed by atoms with E-state index in [1.807, 2.05) is 0 Å². The number of aromatic hydroxyl groups is 2. The lowest BCUT2D eigenvalue weighted by Crippen LogP contribution is -2.63. The van der Waals surface area contributed by atoms with Crippen molar-refractivity contribution in [1.29, 1.82) is 0 Å². The number of phenols is 2. The highest BCUT2D eigenvalue weighted by atomic mass is 16.7. The van der Waals surface area contributed by atoms with Crippen molar-refractivity contribution in [1.82, 2.24) is 0 Å². The fourth-order valence-corrected chi connectivity index (χ4v) is 12.8. The van der Waals surface area contributed by atoms with Crippen LogP contribution in [0.15, 0.2) is 279 Å². The molecular weight excluding hydrogens is 1440 g/mol. The van der Waals surface area contributed by atoms with Gasteiger partial charge in [0.1, 0.15) is 25.4 Å². The van der Waals surface area contributed by atoms with Crippen molar-refractivity contribution in [3.8, 4) is 23.0 Å². The molecule has 0 unspecified atom stereocenters. The van der Waals surface area contributed by atoms with Crippen LogP contribution in [0.3, 0.4) is 0 Å². The summed E-state index contributed by atoms with van der Waals surface area (Å²) >= 11 is 0. The number of carbonyl (C=O) groups is 8. The molecular formula is C88H78O24. The van der Waals surface area contributed by atoms with E-state index in [1.165, 1.54) is 123 Å². The summed E-state index contributed by atoms with van der Waals surface area (Å²) in [6, 6.07) is 72.2. The van der Waals surface area contributed by atoms with Gasteiger partial charge in [0, 0.05) is 0 Å². The molecule has 0 spiro atoms. The van der Waals surface area contributed by atoms with Gasteiger partial charge in [0.05, 0.1) is 71.9 Å². The summed E-state index contributed by atoms with van der Waals surface area (Å²) in [4.78, 5) is 116. The number of ether oxygens (including phenoxy) is 14. The third-order valence-electron chi connectivity index (χ3n) is 18.6. The smallest absolute Gasteiger partial charge is 0.338 e. The summed E-state index contributed by atoms with van der Waals surface area (Å²) in [6.07, 6.45) is -18.0. The lowest BCUT2D eigenvalue weighted by Gasteiger charge is -2.45. The van der Waals surface area contributed by atoms with Crippen molar-refractivity contribution in [3.05, 3.63) is 335 Å². The van der Waals surface area contributed by atoms with E-state index in [1.54, 1.807) is 170 Å². The highest BCUT2D eigenvalue weighted by Crippen LogP contribution is 2.38. The van der Waals surface area contributed by atoms with Crippen molar-refractivity contribution in [2.45, 2.75) is 74.3 Å². The molecule has 2 aliphatic rings. The Balaban J connectivity index is 0.989. The first-order valence-electron chi connectivity index (χ1n) is 35.8. The molecule has 10 aromatic rings. The summed E-state index contributed by atoms with van der Waals surface area (Å²) in [6.45, 7) is -2.36. The van der Waals surface area contributed by atoms with E-state index in [9.17, 15) is 48.6 Å². The van der Waals surface area contributed by atoms with E-state index in [-0.39, 0.29) is 80.3 Å². The zero-order chi connectivity index (χ0) is 78.3. The lowest BCUT2D eigenvalue weighted by atomic mass is 9.83. The van der Waals surface area contributed by atoms with Gasteiger partial charge in [-0.05, 0) is 157 Å². The molecule has 0 saturated carbocycles. The van der Waals surface area contributed by atoms with E-state index >= 15 is 0 Å². The number of esters is 8. The van der Waals surface area contributed by atoms with E-state index in [0.717, 1.165) is 0 Å². The van der Waals surface area contributed by atoms with Crippen LogP contribution in [0.1, 0.15) is 94.0 Å². The average Bonchev–Trinajstić information content (AvgIpc) is 0.777. The van der Waals surface area contributed by atoms with Crippen LogP contribution in [0.25, 0.3) is 0 Å². The maximum atomic E-state index is 14.8. The second-order valence-corrected chi connectivity index (χ2v) is 26.0. The monoisotopic (exact) mass is 1520 g/mol. The quantitative estimate of drug-likeness (QED) is 0.0301. The summed E-state index contributed by atoms with van der Waals surface area (Å²) in [5.74, 6) is -9.63. The Labute approximate surface area is 644 Å². The molecule has 2 fully saturated rings. The molecule has 2 N–H and O–H groups in total. The fourth-order valence-electron chi connectivity index (χ4n) is 12.8. The van der Waals surface area contributed by atoms with Gasteiger partial charge < -0.3 is 76.5 Å². The number of methoxy groups -OCH3 is 2. The topological polar surface area (TPSA) is 306 Å². The number of benzene rings is 10. The second kappa shape index (κ2) is 38.4. The third kappa shape index (κ3) is 20.5. The predicted octanol–water partition coefficient (Wildman–Crippen LogP) is 12.7. The number of phenolic OH excluding ortho intramolecular Hbond substituents is 2. The largest absolute Gasteiger partial charge is 0.504 e. The van der Waals surface area contributed by atoms with Gasteiger partial charge in [-0.1, -0.05) is 158 Å². The minimum Gasteiger partial charge on any atom is -0.504 e. The Morgan fingerprint density at radius 2 is 0.536 bits per heavy atom. The predicted molar refractivity (Wildman–Crippen MR) is 400 cm³/mol. The van der Waals surface area contributed by atoms with E-state index < -0.39 is 147 Å². The van der Waals surface area contributed by atoms with Gasteiger partial charge in [-0.25, -0.2) is 38.4 Å². The minimum absolute atomic E-state index is 0.0267. The zero-order valence-electron chi connectivity index (χ0n) is 60.6. The molecule has 2 heterocycles. The van der Waals surface area contributed by atoms with Crippen molar-refractivity contribution in [3.63, 3.8) is 0 Å². The van der Waals surface area contributed by atoms with Crippen LogP contribution in [0.2, 0.25) is 0 Å². The first-order valence-corrected chi connectivity index (χ1v) is 35.8. The number of rotatable bonds is 31. The molecule has 0 aromatic heterocycles. The van der Waals surface area contributed by atoms with Gasteiger partial charge in [-0.15, -0.1) is 0 Å². The number of hydrogen-bond acceptors (Lipinski definition) is 24. The Morgan fingerprint density at radius 3 is 0.786 bits per heavy atom. The van der Waals surface area contributed by atoms with Gasteiger partial charge in [-0.2, -0.15) is 0 Å². The number of hydrogen-bond donors (Lipinski definition) is 2. The van der Waals surface area contributed by atoms with Crippen LogP contribution < -0.4 is 9.47 Å². The maximum absolute atomic E-state index is 14.8. The summed E-state index contributed by atoms with van der Waals surface area (Å²) in [5, 5.41) is 22.2. The standard InChI is InChI=1S/C88H78O24/c1-99-69-49-55(43-45-67(69)89)47-65(51-103-87-77(111-85(97)63-39-23-9-24-40-63)75(109-83(95)61-35-19-7-20-36-61)73(107-81(93)59-31-15-5-16-32-59)71(105-87)53-101-79(91)57-27-11-3-12-28-57)66(48-56-44-46-68(90)70(50-56)100-2)52-104-88-78(112-86(98)64-41-25-10-26-42-64)76(110-84(96)62-37-21-8-22-38-62)74(108-82(94)60-33-17-6-18-34-60)72(106-88)54-102-80(92)58-29-13-4-14-30-58/h3-46,49-50,65-66,71-78,87-90H,47-48,51-54H2,1-2H3/t65-,66-,71+,72+,73+,74+,75-,76-,77+,78+,87+,88+/m0/s1. The van der Waals surface area contributed by atoms with E-state index in [4.69, 9.17) is 66.3 Å². The van der Waals surface area contributed by atoms with Crippen molar-refractivity contribution < 1.29 is 115 Å². The lowest BCUT2D eigenvalue weighted by molar-refractivity contribution is -0.306. The van der Waals surface area contributed by atoms with Gasteiger partial charge in [-0.3, -0.25) is 0 Å². The normalized spacial score (nSPS) is 19.7. The zero-order valence-corrected chi connectivity index (χ0v) is 60.6. The average molecular weight is 1520 g/mol. The van der Waals surface area contributed by atoms with Crippen molar-refractivity contribution >= 4 is 47.8 Å². The SMILES string of the molecule is COc1cc(C[C@@H](CO[C@@H]2O[C@H](COC(=O)c3ccccc3)[C@@H](OC(=O)c3ccccc3)[C@H](OC(=O)c3ccccc3)[C@H]2OC(=O)c2ccccc2)[C@H](CO[C@@H]2O[C@H](COC(=O)c3ccccc3)[C@@H](OC(=O)c3ccccc3)[C@H](OC(=O)c3ccccc3)[C@H]2OC(=O)c2ccccc2)Cc2ccc(O)c(OC)c2)ccc1O. The van der Waals surface area contributed by atoms with Crippen LogP contribution in [-0.2, 0) is 69.7 Å². The van der Waals surface area contributed by atoms with Crippen LogP contribution in [0, 0.1) is 11.8 Å². The molecule has 12 atom stereocenters. The first-order chi connectivity index (χ1) is 54.6. The molecule has 10 aromatic carbocycles. The molecule has 112 heavy (non-hydrogen) atoms. The van der Waals surface area contributed by atoms with Gasteiger partial charge >= 0.3 is 47.8 Å². The minimum atomic E-state index is -1.87.